The van der Waals surface area contributed by atoms with Crippen molar-refractivity contribution >= 4 is 11.9 Å². The average Bonchev–Trinajstić information content (AvgIpc) is 2.85. The van der Waals surface area contributed by atoms with E-state index in [9.17, 15) is 19.8 Å². The SMILES string of the molecule is CC(=O)N[C@@H]1[C@H](OCc2ccccc2)O[C@H](CO)[C@H](O)[C@H]1OCCC(=O)OCc1ccccc1. The van der Waals surface area contributed by atoms with E-state index in [2.05, 4.69) is 5.32 Å². The Balaban J connectivity index is 1.60. The van der Waals surface area contributed by atoms with Gasteiger partial charge in [0.2, 0.25) is 5.91 Å². The average molecular weight is 474 g/mol. The molecule has 1 heterocycles. The molecule has 34 heavy (non-hydrogen) atoms. The summed E-state index contributed by atoms with van der Waals surface area (Å²) < 4.78 is 22.7. The molecule has 0 unspecified atom stereocenters. The van der Waals surface area contributed by atoms with Gasteiger partial charge >= 0.3 is 5.97 Å². The number of ether oxygens (including phenoxy) is 4. The lowest BCUT2D eigenvalue weighted by molar-refractivity contribution is -0.280. The highest BCUT2D eigenvalue weighted by atomic mass is 16.7. The minimum absolute atomic E-state index is 0.0525. The lowest BCUT2D eigenvalue weighted by Gasteiger charge is -2.44. The number of esters is 1. The number of benzene rings is 2. The summed E-state index contributed by atoms with van der Waals surface area (Å²) in [5.74, 6) is -0.829. The Labute approximate surface area is 198 Å². The third-order valence-electron chi connectivity index (χ3n) is 5.34. The third kappa shape index (κ3) is 7.61. The van der Waals surface area contributed by atoms with E-state index in [0.717, 1.165) is 11.1 Å². The van der Waals surface area contributed by atoms with Gasteiger partial charge in [0.15, 0.2) is 6.29 Å². The molecule has 9 heteroatoms. The zero-order chi connectivity index (χ0) is 24.3. The van der Waals surface area contributed by atoms with Crippen LogP contribution >= 0.6 is 0 Å². The van der Waals surface area contributed by atoms with Crippen LogP contribution in [0.25, 0.3) is 0 Å². The smallest absolute Gasteiger partial charge is 0.308 e. The van der Waals surface area contributed by atoms with Crippen LogP contribution in [0.4, 0.5) is 0 Å². The number of carbonyl (C=O) groups is 2. The monoisotopic (exact) mass is 473 g/mol. The van der Waals surface area contributed by atoms with Gasteiger partial charge in [0.25, 0.3) is 0 Å². The number of hydrogen-bond donors (Lipinski definition) is 3. The predicted octanol–water partition coefficient (Wildman–Crippen LogP) is 1.30. The van der Waals surface area contributed by atoms with Gasteiger partial charge in [-0.25, -0.2) is 0 Å². The van der Waals surface area contributed by atoms with Gasteiger partial charge in [-0.3, -0.25) is 9.59 Å². The van der Waals surface area contributed by atoms with Gasteiger partial charge in [-0.15, -0.1) is 0 Å². The van der Waals surface area contributed by atoms with Crippen molar-refractivity contribution in [2.75, 3.05) is 13.2 Å². The van der Waals surface area contributed by atoms with Crippen molar-refractivity contribution in [3.8, 4) is 0 Å². The first-order valence-corrected chi connectivity index (χ1v) is 11.2. The largest absolute Gasteiger partial charge is 0.461 e. The Morgan fingerprint density at radius 3 is 2.18 bits per heavy atom. The summed E-state index contributed by atoms with van der Waals surface area (Å²) in [7, 11) is 0. The number of nitrogens with one attached hydrogen (secondary N) is 1. The second-order valence-corrected chi connectivity index (χ2v) is 7.97. The molecule has 9 nitrogen and oxygen atoms in total. The molecule has 2 aromatic rings. The predicted molar refractivity (Wildman–Crippen MR) is 121 cm³/mol. The number of amides is 1. The van der Waals surface area contributed by atoms with Crippen molar-refractivity contribution < 1.29 is 38.7 Å². The lowest BCUT2D eigenvalue weighted by atomic mass is 9.96. The van der Waals surface area contributed by atoms with Crippen molar-refractivity contribution in [3.63, 3.8) is 0 Å². The van der Waals surface area contributed by atoms with Crippen LogP contribution in [0.3, 0.4) is 0 Å². The Bertz CT molecular complexity index is 894. The molecule has 0 aromatic heterocycles. The molecule has 2 aromatic carbocycles. The van der Waals surface area contributed by atoms with Crippen LogP contribution in [0.2, 0.25) is 0 Å². The van der Waals surface area contributed by atoms with Crippen molar-refractivity contribution in [1.82, 2.24) is 5.32 Å². The Morgan fingerprint density at radius 2 is 1.59 bits per heavy atom. The summed E-state index contributed by atoms with van der Waals surface area (Å²) in [5.41, 5.74) is 1.75. The first-order chi connectivity index (χ1) is 16.5. The quantitative estimate of drug-likeness (QED) is 0.418. The highest BCUT2D eigenvalue weighted by Crippen LogP contribution is 2.25. The second kappa shape index (κ2) is 13.2. The van der Waals surface area contributed by atoms with E-state index in [1.165, 1.54) is 6.92 Å². The van der Waals surface area contributed by atoms with E-state index >= 15 is 0 Å². The molecule has 5 atom stereocenters. The number of aliphatic hydroxyl groups excluding tert-OH is 2. The van der Waals surface area contributed by atoms with Crippen molar-refractivity contribution in [2.45, 2.75) is 57.2 Å². The van der Waals surface area contributed by atoms with Gasteiger partial charge in [0, 0.05) is 6.92 Å². The van der Waals surface area contributed by atoms with Crippen LogP contribution in [0.15, 0.2) is 60.7 Å². The zero-order valence-corrected chi connectivity index (χ0v) is 19.0. The normalized spacial score (nSPS) is 24.4. The van der Waals surface area contributed by atoms with E-state index < -0.39 is 43.2 Å². The van der Waals surface area contributed by atoms with E-state index in [0.29, 0.717) is 0 Å². The maximum atomic E-state index is 12.1. The van der Waals surface area contributed by atoms with Crippen LogP contribution in [0.5, 0.6) is 0 Å². The standard InChI is InChI=1S/C25H31NO8/c1-17(28)26-22-24(31-13-12-21(29)32-15-18-8-4-2-5-9-18)23(30)20(14-27)34-25(22)33-16-19-10-6-3-7-11-19/h2-11,20,22-25,27,30H,12-16H2,1H3,(H,26,28)/t20-,22+,23+,24+,25-/m1/s1. The molecule has 0 radical (unpaired) electrons. The van der Waals surface area contributed by atoms with Gasteiger partial charge in [0.05, 0.1) is 26.2 Å². The fourth-order valence-corrected chi connectivity index (χ4v) is 3.64. The maximum Gasteiger partial charge on any atom is 0.308 e. The summed E-state index contributed by atoms with van der Waals surface area (Å²) in [6, 6.07) is 17.8. The zero-order valence-electron chi connectivity index (χ0n) is 19.0. The molecule has 1 aliphatic rings. The van der Waals surface area contributed by atoms with Gasteiger partial charge in [0.1, 0.15) is 31.0 Å². The van der Waals surface area contributed by atoms with Gasteiger partial charge in [-0.05, 0) is 11.1 Å². The third-order valence-corrected chi connectivity index (χ3v) is 5.34. The molecule has 0 bridgehead atoms. The number of carbonyl (C=O) groups excluding carboxylic acids is 2. The summed E-state index contributed by atoms with van der Waals surface area (Å²) in [4.78, 5) is 24.0. The summed E-state index contributed by atoms with van der Waals surface area (Å²) in [5, 5.41) is 23.1. The van der Waals surface area contributed by atoms with E-state index in [1.807, 2.05) is 60.7 Å². The lowest BCUT2D eigenvalue weighted by Crippen LogP contribution is -2.65. The summed E-state index contributed by atoms with van der Waals surface area (Å²) >= 11 is 0. The molecule has 184 valence electrons. The maximum absolute atomic E-state index is 12.1. The van der Waals surface area contributed by atoms with Crippen molar-refractivity contribution in [1.29, 1.82) is 0 Å². The number of aliphatic hydroxyl groups is 2. The molecule has 3 N–H and O–H groups in total. The fourth-order valence-electron chi connectivity index (χ4n) is 3.64. The molecule has 0 aliphatic carbocycles. The van der Waals surface area contributed by atoms with Gasteiger partial charge < -0.3 is 34.5 Å². The Morgan fingerprint density at radius 1 is 0.971 bits per heavy atom. The molecule has 3 rings (SSSR count). The first kappa shape index (κ1) is 25.8. The minimum Gasteiger partial charge on any atom is -0.461 e. The van der Waals surface area contributed by atoms with Crippen LogP contribution in [-0.2, 0) is 41.8 Å². The van der Waals surface area contributed by atoms with Crippen LogP contribution in [0.1, 0.15) is 24.5 Å². The van der Waals surface area contributed by atoms with Crippen LogP contribution < -0.4 is 5.32 Å². The van der Waals surface area contributed by atoms with Crippen LogP contribution in [0, 0.1) is 0 Å². The molecule has 0 spiro atoms. The molecule has 1 amide bonds. The van der Waals surface area contributed by atoms with E-state index in [4.69, 9.17) is 18.9 Å². The highest BCUT2D eigenvalue weighted by molar-refractivity contribution is 5.73. The Kier molecular flexibility index (Phi) is 9.99. The van der Waals surface area contributed by atoms with E-state index in [-0.39, 0.29) is 32.1 Å². The molecular formula is C25H31NO8. The summed E-state index contributed by atoms with van der Waals surface area (Å²) in [6.45, 7) is 1.13. The highest BCUT2D eigenvalue weighted by Gasteiger charge is 2.47. The molecule has 1 fully saturated rings. The topological polar surface area (TPSA) is 124 Å². The Hall–Kier alpha value is -2.82. The molecule has 1 aliphatic heterocycles. The first-order valence-electron chi connectivity index (χ1n) is 11.2. The minimum atomic E-state index is -1.25. The molecule has 1 saturated heterocycles. The van der Waals surface area contributed by atoms with Crippen molar-refractivity contribution in [3.05, 3.63) is 71.8 Å². The number of hydrogen-bond acceptors (Lipinski definition) is 8. The van der Waals surface area contributed by atoms with Gasteiger partial charge in [-0.1, -0.05) is 60.7 Å². The molecule has 0 saturated carbocycles. The fraction of sp³-hybridized carbons (Fsp3) is 0.440. The summed E-state index contributed by atoms with van der Waals surface area (Å²) in [6.07, 6.45) is -4.25. The van der Waals surface area contributed by atoms with Crippen molar-refractivity contribution in [2.24, 2.45) is 0 Å². The number of rotatable bonds is 11. The van der Waals surface area contributed by atoms with Crippen LogP contribution in [-0.4, -0.2) is 65.9 Å². The van der Waals surface area contributed by atoms with Gasteiger partial charge in [-0.2, -0.15) is 0 Å². The molecular weight excluding hydrogens is 442 g/mol. The second-order valence-electron chi connectivity index (χ2n) is 7.97. The van der Waals surface area contributed by atoms with E-state index in [1.54, 1.807) is 0 Å².